The highest BCUT2D eigenvalue weighted by molar-refractivity contribution is 4.83. The fourth-order valence-electron chi connectivity index (χ4n) is 1.40. The summed E-state index contributed by atoms with van der Waals surface area (Å²) in [5.74, 6) is 0. The zero-order valence-electron chi connectivity index (χ0n) is 10.9. The number of aromatic nitrogens is 2. The van der Waals surface area contributed by atoms with Crippen molar-refractivity contribution in [2.75, 3.05) is 7.05 Å². The molecule has 1 rings (SSSR count). The number of imidazole rings is 1. The van der Waals surface area contributed by atoms with Crippen molar-refractivity contribution in [3.8, 4) is 0 Å². The Morgan fingerprint density at radius 1 is 1.33 bits per heavy atom. The highest BCUT2D eigenvalue weighted by Crippen LogP contribution is 2.20. The van der Waals surface area contributed by atoms with Crippen LogP contribution in [0.1, 0.15) is 34.6 Å². The van der Waals surface area contributed by atoms with Crippen molar-refractivity contribution < 1.29 is 0 Å². The molecular weight excluding hydrogens is 186 g/mol. The van der Waals surface area contributed by atoms with Gasteiger partial charge in [-0.2, -0.15) is 0 Å². The number of nitrogens with one attached hydrogen (secondary N) is 1. The first-order valence-corrected chi connectivity index (χ1v) is 5.67. The lowest BCUT2D eigenvalue weighted by Gasteiger charge is -2.30. The maximum Gasteiger partial charge on any atom is 0.0946 e. The lowest BCUT2D eigenvalue weighted by Crippen LogP contribution is -2.41. The predicted molar refractivity (Wildman–Crippen MR) is 65.9 cm³/mol. The second kappa shape index (κ2) is 6.62. The van der Waals surface area contributed by atoms with Crippen LogP contribution in [0, 0.1) is 5.41 Å². The SMILES string of the molecule is CC.CNC(Cn1ccnc1)C(C)(C)C. The predicted octanol–water partition coefficient (Wildman–Crippen LogP) is 2.54. The van der Waals surface area contributed by atoms with Gasteiger partial charge < -0.3 is 9.88 Å². The van der Waals surface area contributed by atoms with Gasteiger partial charge in [-0.15, -0.1) is 0 Å². The van der Waals surface area contributed by atoms with Gasteiger partial charge in [0, 0.05) is 25.0 Å². The van der Waals surface area contributed by atoms with Crippen LogP contribution >= 0.6 is 0 Å². The molecule has 0 fully saturated rings. The van der Waals surface area contributed by atoms with Crippen molar-refractivity contribution in [3.63, 3.8) is 0 Å². The summed E-state index contributed by atoms with van der Waals surface area (Å²) in [7, 11) is 2.01. The van der Waals surface area contributed by atoms with Gasteiger partial charge in [0.1, 0.15) is 0 Å². The van der Waals surface area contributed by atoms with Gasteiger partial charge in [0.2, 0.25) is 0 Å². The van der Waals surface area contributed by atoms with Crippen LogP contribution in [0.25, 0.3) is 0 Å². The van der Waals surface area contributed by atoms with E-state index < -0.39 is 0 Å². The Bertz CT molecular complexity index is 234. The van der Waals surface area contributed by atoms with E-state index in [0.29, 0.717) is 6.04 Å². The maximum absolute atomic E-state index is 4.03. The van der Waals surface area contributed by atoms with Crippen molar-refractivity contribution in [3.05, 3.63) is 18.7 Å². The van der Waals surface area contributed by atoms with Crippen LogP contribution in [-0.4, -0.2) is 22.6 Å². The summed E-state index contributed by atoms with van der Waals surface area (Å²) in [6, 6.07) is 0.474. The third-order valence-electron chi connectivity index (χ3n) is 2.35. The summed E-state index contributed by atoms with van der Waals surface area (Å²) < 4.78 is 2.10. The average Bonchev–Trinajstić information content (AvgIpc) is 2.68. The number of hydrogen-bond acceptors (Lipinski definition) is 2. The quantitative estimate of drug-likeness (QED) is 0.832. The Kier molecular flexibility index (Phi) is 6.25. The minimum absolute atomic E-state index is 0.277. The monoisotopic (exact) mass is 211 g/mol. The van der Waals surface area contributed by atoms with Gasteiger partial charge in [0.25, 0.3) is 0 Å². The minimum atomic E-state index is 0.277. The number of rotatable bonds is 3. The van der Waals surface area contributed by atoms with Crippen molar-refractivity contribution >= 4 is 0 Å². The zero-order chi connectivity index (χ0) is 11.9. The third-order valence-corrected chi connectivity index (χ3v) is 2.35. The molecule has 0 saturated carbocycles. The molecule has 3 nitrogen and oxygen atoms in total. The van der Waals surface area contributed by atoms with Crippen LogP contribution in [0.2, 0.25) is 0 Å². The van der Waals surface area contributed by atoms with E-state index in [1.54, 1.807) is 0 Å². The van der Waals surface area contributed by atoms with Gasteiger partial charge in [-0.3, -0.25) is 0 Å². The molecule has 0 aromatic carbocycles. The molecule has 1 atom stereocenters. The fourth-order valence-corrected chi connectivity index (χ4v) is 1.40. The molecule has 0 aliphatic heterocycles. The molecule has 15 heavy (non-hydrogen) atoms. The first-order valence-electron chi connectivity index (χ1n) is 5.67. The molecule has 1 unspecified atom stereocenters. The highest BCUT2D eigenvalue weighted by Gasteiger charge is 2.22. The van der Waals surface area contributed by atoms with E-state index in [1.807, 2.05) is 39.6 Å². The van der Waals surface area contributed by atoms with E-state index in [9.17, 15) is 0 Å². The average molecular weight is 211 g/mol. The van der Waals surface area contributed by atoms with E-state index in [0.717, 1.165) is 6.54 Å². The van der Waals surface area contributed by atoms with Gasteiger partial charge >= 0.3 is 0 Å². The summed E-state index contributed by atoms with van der Waals surface area (Å²) in [6.45, 7) is 11.7. The van der Waals surface area contributed by atoms with E-state index >= 15 is 0 Å². The molecule has 0 saturated heterocycles. The number of hydrogen-bond donors (Lipinski definition) is 1. The Labute approximate surface area is 93.9 Å². The van der Waals surface area contributed by atoms with Crippen molar-refractivity contribution in [1.82, 2.24) is 14.9 Å². The molecule has 3 heteroatoms. The topological polar surface area (TPSA) is 29.9 Å². The number of nitrogens with zero attached hydrogens (tertiary/aromatic N) is 2. The van der Waals surface area contributed by atoms with Crippen molar-refractivity contribution in [2.45, 2.75) is 47.2 Å². The summed E-state index contributed by atoms with van der Waals surface area (Å²) in [6.07, 6.45) is 5.67. The molecule has 1 N–H and O–H groups in total. The van der Waals surface area contributed by atoms with Crippen molar-refractivity contribution in [2.24, 2.45) is 5.41 Å². The Hall–Kier alpha value is -0.830. The highest BCUT2D eigenvalue weighted by atomic mass is 15.1. The normalized spacial score (nSPS) is 12.9. The van der Waals surface area contributed by atoms with Crippen LogP contribution < -0.4 is 5.32 Å². The van der Waals surface area contributed by atoms with Crippen molar-refractivity contribution in [1.29, 1.82) is 0 Å². The standard InChI is InChI=1S/C10H19N3.C2H6/c1-10(2,3)9(11-4)7-13-6-5-12-8-13;1-2/h5-6,8-9,11H,7H2,1-4H3;1-2H3. The lowest BCUT2D eigenvalue weighted by atomic mass is 9.87. The van der Waals surface area contributed by atoms with Gasteiger partial charge in [-0.05, 0) is 12.5 Å². The lowest BCUT2D eigenvalue weighted by molar-refractivity contribution is 0.254. The summed E-state index contributed by atoms with van der Waals surface area (Å²) in [5, 5.41) is 3.33. The van der Waals surface area contributed by atoms with Crippen LogP contribution in [0.5, 0.6) is 0 Å². The number of likely N-dealkylation sites (N-methyl/N-ethyl adjacent to an activating group) is 1. The molecule has 88 valence electrons. The smallest absolute Gasteiger partial charge is 0.0946 e. The molecule has 0 amide bonds. The minimum Gasteiger partial charge on any atom is -0.336 e. The van der Waals surface area contributed by atoms with E-state index in [-0.39, 0.29) is 5.41 Å². The van der Waals surface area contributed by atoms with Crippen LogP contribution in [-0.2, 0) is 6.54 Å². The fraction of sp³-hybridized carbons (Fsp3) is 0.750. The zero-order valence-corrected chi connectivity index (χ0v) is 10.9. The molecule has 1 aromatic heterocycles. The molecule has 0 aliphatic rings. The first-order chi connectivity index (χ1) is 7.04. The van der Waals surface area contributed by atoms with E-state index in [2.05, 4.69) is 35.6 Å². The molecule has 0 bridgehead atoms. The summed E-state index contributed by atoms with van der Waals surface area (Å²) in [5.41, 5.74) is 0.277. The molecule has 1 heterocycles. The molecule has 0 aliphatic carbocycles. The first kappa shape index (κ1) is 14.2. The Balaban J connectivity index is 0.000000921. The third kappa shape index (κ3) is 4.98. The largest absolute Gasteiger partial charge is 0.336 e. The van der Waals surface area contributed by atoms with Gasteiger partial charge in [0.15, 0.2) is 0 Å². The van der Waals surface area contributed by atoms with Crippen LogP contribution in [0.15, 0.2) is 18.7 Å². The van der Waals surface area contributed by atoms with Gasteiger partial charge in [0.05, 0.1) is 6.33 Å². The van der Waals surface area contributed by atoms with Gasteiger partial charge in [-0.1, -0.05) is 34.6 Å². The molecule has 0 spiro atoms. The second-order valence-electron chi connectivity index (χ2n) is 4.47. The molecular formula is C12H25N3. The van der Waals surface area contributed by atoms with Crippen LogP contribution in [0.4, 0.5) is 0 Å². The van der Waals surface area contributed by atoms with Crippen LogP contribution in [0.3, 0.4) is 0 Å². The Morgan fingerprint density at radius 2 is 1.93 bits per heavy atom. The van der Waals surface area contributed by atoms with E-state index in [4.69, 9.17) is 0 Å². The molecule has 1 aromatic rings. The van der Waals surface area contributed by atoms with Gasteiger partial charge in [-0.25, -0.2) is 4.98 Å². The summed E-state index contributed by atoms with van der Waals surface area (Å²) in [4.78, 5) is 4.03. The van der Waals surface area contributed by atoms with E-state index in [1.165, 1.54) is 0 Å². The second-order valence-corrected chi connectivity index (χ2v) is 4.47. The molecule has 0 radical (unpaired) electrons. The Morgan fingerprint density at radius 3 is 2.27 bits per heavy atom. The summed E-state index contributed by atoms with van der Waals surface area (Å²) >= 11 is 0. The maximum atomic E-state index is 4.03.